The molecule has 3 N–H and O–H groups in total. The van der Waals surface area contributed by atoms with Crippen LogP contribution in [0.3, 0.4) is 0 Å². The molecule has 21 heavy (non-hydrogen) atoms. The minimum Gasteiger partial charge on any atom is -0.478 e. The van der Waals surface area contributed by atoms with Gasteiger partial charge in [0.05, 0.1) is 11.3 Å². The summed E-state index contributed by atoms with van der Waals surface area (Å²) >= 11 is 6.51. The van der Waals surface area contributed by atoms with Crippen LogP contribution in [0.2, 0.25) is 0 Å². The summed E-state index contributed by atoms with van der Waals surface area (Å²) in [4.78, 5) is 23.2. The maximum absolute atomic E-state index is 11.9. The van der Waals surface area contributed by atoms with E-state index in [9.17, 15) is 14.7 Å². The van der Waals surface area contributed by atoms with Gasteiger partial charge in [-0.1, -0.05) is 28.8 Å². The lowest BCUT2D eigenvalue weighted by Gasteiger charge is -2.14. The van der Waals surface area contributed by atoms with Crippen molar-refractivity contribution in [3.63, 3.8) is 0 Å². The van der Waals surface area contributed by atoms with E-state index in [-0.39, 0.29) is 17.3 Å². The van der Waals surface area contributed by atoms with E-state index in [1.54, 1.807) is 6.07 Å². The third-order valence-electron chi connectivity index (χ3n) is 3.55. The fourth-order valence-corrected chi connectivity index (χ4v) is 3.80. The molecular formula is C14H16Br2N2O3. The summed E-state index contributed by atoms with van der Waals surface area (Å²) in [5, 5.41) is 14.6. The monoisotopic (exact) mass is 418 g/mol. The molecule has 0 aromatic heterocycles. The van der Waals surface area contributed by atoms with Gasteiger partial charge in [-0.25, -0.2) is 9.59 Å². The van der Waals surface area contributed by atoms with Crippen molar-refractivity contribution in [1.82, 2.24) is 5.32 Å². The minimum absolute atomic E-state index is 0.0345. The molecule has 1 aliphatic rings. The van der Waals surface area contributed by atoms with Crippen molar-refractivity contribution < 1.29 is 14.7 Å². The highest BCUT2D eigenvalue weighted by atomic mass is 79.9. The quantitative estimate of drug-likeness (QED) is 0.683. The number of anilines is 1. The fourth-order valence-electron chi connectivity index (χ4n) is 2.48. The standard InChI is InChI=1S/C14H16Br2N2O3/c15-9-5-10(13(19)20)12(11(16)6-9)18-14(21)17-7-8-3-1-2-4-8/h5-6,8H,1-4,7H2,(H,19,20)(H2,17,18,21). The second kappa shape index (κ2) is 7.26. The number of hydrogen-bond acceptors (Lipinski definition) is 2. The molecule has 0 unspecified atom stereocenters. The van der Waals surface area contributed by atoms with Gasteiger partial charge in [0, 0.05) is 15.5 Å². The molecular weight excluding hydrogens is 404 g/mol. The Kier molecular flexibility index (Phi) is 5.64. The third-order valence-corrected chi connectivity index (χ3v) is 4.63. The van der Waals surface area contributed by atoms with E-state index < -0.39 is 5.97 Å². The first-order valence-corrected chi connectivity index (χ1v) is 8.33. The average molecular weight is 420 g/mol. The molecule has 1 aromatic carbocycles. The molecule has 0 radical (unpaired) electrons. The van der Waals surface area contributed by atoms with Gasteiger partial charge in [-0.3, -0.25) is 0 Å². The lowest BCUT2D eigenvalue weighted by molar-refractivity contribution is 0.0698. The van der Waals surface area contributed by atoms with Crippen molar-refractivity contribution in [3.8, 4) is 0 Å². The number of urea groups is 1. The van der Waals surface area contributed by atoms with Gasteiger partial charge in [0.25, 0.3) is 0 Å². The van der Waals surface area contributed by atoms with Crippen LogP contribution in [-0.2, 0) is 0 Å². The van der Waals surface area contributed by atoms with Crippen LogP contribution in [0, 0.1) is 5.92 Å². The van der Waals surface area contributed by atoms with Gasteiger partial charge in [0.1, 0.15) is 0 Å². The lowest BCUT2D eigenvalue weighted by Crippen LogP contribution is -2.33. The summed E-state index contributed by atoms with van der Waals surface area (Å²) in [5.74, 6) is -0.564. The maximum Gasteiger partial charge on any atom is 0.337 e. The SMILES string of the molecule is O=C(NCC1CCCC1)Nc1c(Br)cc(Br)cc1C(=O)O. The highest BCUT2D eigenvalue weighted by Gasteiger charge is 2.19. The van der Waals surface area contributed by atoms with Crippen LogP contribution in [-0.4, -0.2) is 23.7 Å². The first kappa shape index (κ1) is 16.3. The van der Waals surface area contributed by atoms with Gasteiger partial charge in [-0.05, 0) is 46.8 Å². The molecule has 0 spiro atoms. The second-order valence-electron chi connectivity index (χ2n) is 5.10. The lowest BCUT2D eigenvalue weighted by atomic mass is 10.1. The molecule has 1 saturated carbocycles. The van der Waals surface area contributed by atoms with E-state index in [2.05, 4.69) is 42.5 Å². The van der Waals surface area contributed by atoms with E-state index in [4.69, 9.17) is 0 Å². The van der Waals surface area contributed by atoms with Crippen molar-refractivity contribution in [2.45, 2.75) is 25.7 Å². The molecule has 0 saturated heterocycles. The molecule has 2 amide bonds. The number of halogens is 2. The number of carboxylic acid groups (broad SMARTS) is 1. The Bertz CT molecular complexity index is 557. The van der Waals surface area contributed by atoms with Crippen molar-refractivity contribution in [3.05, 3.63) is 26.6 Å². The molecule has 114 valence electrons. The zero-order valence-electron chi connectivity index (χ0n) is 11.3. The van der Waals surface area contributed by atoms with Crippen LogP contribution in [0.25, 0.3) is 0 Å². The Morgan fingerprint density at radius 2 is 1.90 bits per heavy atom. The first-order valence-electron chi connectivity index (χ1n) is 6.74. The van der Waals surface area contributed by atoms with Crippen LogP contribution >= 0.6 is 31.9 Å². The van der Waals surface area contributed by atoms with E-state index in [0.29, 0.717) is 21.4 Å². The van der Waals surface area contributed by atoms with Crippen molar-refractivity contribution in [2.24, 2.45) is 5.92 Å². The van der Waals surface area contributed by atoms with E-state index in [0.717, 1.165) is 12.8 Å². The molecule has 0 atom stereocenters. The zero-order valence-corrected chi connectivity index (χ0v) is 14.5. The Morgan fingerprint density at radius 3 is 2.52 bits per heavy atom. The summed E-state index contributed by atoms with van der Waals surface area (Å²) in [6, 6.07) is 2.77. The predicted molar refractivity (Wildman–Crippen MR) is 87.8 cm³/mol. The molecule has 0 aliphatic heterocycles. The Labute approximate surface area is 139 Å². The van der Waals surface area contributed by atoms with Crippen LogP contribution in [0.5, 0.6) is 0 Å². The molecule has 1 fully saturated rings. The van der Waals surface area contributed by atoms with E-state index >= 15 is 0 Å². The number of carbonyl (C=O) groups excluding carboxylic acids is 1. The molecule has 0 bridgehead atoms. The smallest absolute Gasteiger partial charge is 0.337 e. The van der Waals surface area contributed by atoms with Gasteiger partial charge in [-0.15, -0.1) is 0 Å². The van der Waals surface area contributed by atoms with Crippen molar-refractivity contribution in [1.29, 1.82) is 0 Å². The van der Waals surface area contributed by atoms with Gasteiger partial charge in [-0.2, -0.15) is 0 Å². The molecule has 1 aliphatic carbocycles. The van der Waals surface area contributed by atoms with Gasteiger partial charge >= 0.3 is 12.0 Å². The number of amides is 2. The number of carboxylic acids is 1. The van der Waals surface area contributed by atoms with Crippen LogP contribution in [0.15, 0.2) is 21.1 Å². The maximum atomic E-state index is 11.9. The zero-order chi connectivity index (χ0) is 15.4. The third kappa shape index (κ3) is 4.44. The largest absolute Gasteiger partial charge is 0.478 e. The van der Waals surface area contributed by atoms with Crippen LogP contribution in [0.4, 0.5) is 10.5 Å². The van der Waals surface area contributed by atoms with Crippen molar-refractivity contribution in [2.75, 3.05) is 11.9 Å². The van der Waals surface area contributed by atoms with Gasteiger partial charge in [0.2, 0.25) is 0 Å². The van der Waals surface area contributed by atoms with Crippen molar-refractivity contribution >= 4 is 49.5 Å². The Balaban J connectivity index is 2.04. The van der Waals surface area contributed by atoms with Gasteiger partial charge in [0.15, 0.2) is 0 Å². The highest BCUT2D eigenvalue weighted by Crippen LogP contribution is 2.31. The van der Waals surface area contributed by atoms with Crippen LogP contribution in [0.1, 0.15) is 36.0 Å². The number of hydrogen-bond donors (Lipinski definition) is 3. The molecule has 7 heteroatoms. The number of carbonyl (C=O) groups is 2. The normalized spacial score (nSPS) is 15.0. The van der Waals surface area contributed by atoms with E-state index in [1.165, 1.54) is 18.9 Å². The number of aromatic carboxylic acids is 1. The van der Waals surface area contributed by atoms with Gasteiger partial charge < -0.3 is 15.7 Å². The summed E-state index contributed by atoms with van der Waals surface area (Å²) in [5.41, 5.74) is 0.293. The summed E-state index contributed by atoms with van der Waals surface area (Å²) in [6.07, 6.45) is 4.72. The second-order valence-corrected chi connectivity index (χ2v) is 6.87. The summed E-state index contributed by atoms with van der Waals surface area (Å²) in [6.45, 7) is 0.627. The van der Waals surface area contributed by atoms with Crippen LogP contribution < -0.4 is 10.6 Å². The Morgan fingerprint density at radius 1 is 1.24 bits per heavy atom. The molecule has 5 nitrogen and oxygen atoms in total. The van der Waals surface area contributed by atoms with E-state index in [1.807, 2.05) is 0 Å². The minimum atomic E-state index is -1.09. The summed E-state index contributed by atoms with van der Waals surface area (Å²) in [7, 11) is 0. The summed E-state index contributed by atoms with van der Waals surface area (Å²) < 4.78 is 1.15. The average Bonchev–Trinajstić information content (AvgIpc) is 2.92. The first-order chi connectivity index (χ1) is 9.97. The predicted octanol–water partition coefficient (Wildman–Crippen LogP) is 4.22. The highest BCUT2D eigenvalue weighted by molar-refractivity contribution is 9.11. The fraction of sp³-hybridized carbons (Fsp3) is 0.429. The molecule has 0 heterocycles. The topological polar surface area (TPSA) is 78.4 Å². The number of benzene rings is 1. The Hall–Kier alpha value is -1.08. The molecule has 1 aromatic rings. The molecule has 2 rings (SSSR count). The number of nitrogens with one attached hydrogen (secondary N) is 2. The number of rotatable bonds is 4.